The van der Waals surface area contributed by atoms with Crippen molar-refractivity contribution in [2.75, 3.05) is 0 Å². The molecule has 0 aromatic heterocycles. The maximum Gasteiger partial charge on any atom is 0.305 e. The van der Waals surface area contributed by atoms with Gasteiger partial charge in [0, 0.05) is 11.1 Å². The molecule has 0 N–H and O–H groups in total. The first kappa shape index (κ1) is 16.7. The van der Waals surface area contributed by atoms with Crippen LogP contribution in [0.1, 0.15) is 37.2 Å². The minimum atomic E-state index is -2.13. The van der Waals surface area contributed by atoms with Gasteiger partial charge in [-0.1, -0.05) is 36.4 Å². The smallest absolute Gasteiger partial charge is 0.260 e. The molecule has 22 heavy (non-hydrogen) atoms. The Morgan fingerprint density at radius 1 is 0.818 bits per heavy atom. The monoisotopic (exact) mass is 326 g/mol. The van der Waals surface area contributed by atoms with Crippen LogP contribution >= 0.6 is 0 Å². The van der Waals surface area contributed by atoms with Gasteiger partial charge in [0.15, 0.2) is 0 Å². The second kappa shape index (κ2) is 7.58. The molecule has 2 atom stereocenters. The summed E-state index contributed by atoms with van der Waals surface area (Å²) in [6, 6.07) is 12.1. The fraction of sp³-hybridized carbons (Fsp3) is 0.250. The third-order valence-corrected chi connectivity index (χ3v) is 4.02. The van der Waals surface area contributed by atoms with Crippen LogP contribution in [0, 0.1) is 11.6 Å². The number of hydrogen-bond acceptors (Lipinski definition) is 3. The molecule has 6 heteroatoms. The predicted molar refractivity (Wildman–Crippen MR) is 79.9 cm³/mol. The van der Waals surface area contributed by atoms with E-state index in [0.29, 0.717) is 0 Å². The van der Waals surface area contributed by atoms with E-state index in [-0.39, 0.29) is 11.1 Å². The standard InChI is InChI=1S/C16H16F2O3S/c1-11(13-7-3-5-9-15(13)17)20-22(19)21-12(2)14-8-4-6-10-16(14)18/h3-12H,1-2H3. The van der Waals surface area contributed by atoms with Gasteiger partial charge in [-0.05, 0) is 26.0 Å². The molecule has 0 saturated heterocycles. The number of rotatable bonds is 6. The first-order valence-electron chi connectivity index (χ1n) is 6.74. The SMILES string of the molecule is CC(OS(=O)OC(C)c1ccccc1F)c1ccccc1F. The lowest BCUT2D eigenvalue weighted by Crippen LogP contribution is -2.11. The molecule has 0 fully saturated rings. The topological polar surface area (TPSA) is 35.5 Å². The highest BCUT2D eigenvalue weighted by Gasteiger charge is 2.19. The normalized spacial score (nSPS) is 15.3. The van der Waals surface area contributed by atoms with Gasteiger partial charge in [0.2, 0.25) is 0 Å². The van der Waals surface area contributed by atoms with Crippen LogP contribution in [0.5, 0.6) is 0 Å². The molecule has 0 amide bonds. The summed E-state index contributed by atoms with van der Waals surface area (Å²) in [5, 5.41) is 0. The van der Waals surface area contributed by atoms with E-state index in [0.717, 1.165) is 0 Å². The molecule has 0 saturated carbocycles. The number of benzene rings is 2. The lowest BCUT2D eigenvalue weighted by molar-refractivity contribution is 0.161. The molecule has 0 aliphatic heterocycles. The second-order valence-electron chi connectivity index (χ2n) is 4.72. The highest BCUT2D eigenvalue weighted by atomic mass is 32.2. The first-order chi connectivity index (χ1) is 10.5. The van der Waals surface area contributed by atoms with Gasteiger partial charge in [0.1, 0.15) is 23.8 Å². The largest absolute Gasteiger partial charge is 0.305 e. The lowest BCUT2D eigenvalue weighted by Gasteiger charge is -2.16. The minimum absolute atomic E-state index is 0.276. The minimum Gasteiger partial charge on any atom is -0.260 e. The molecular formula is C16H16F2O3S. The van der Waals surface area contributed by atoms with Crippen LogP contribution < -0.4 is 0 Å². The van der Waals surface area contributed by atoms with E-state index in [1.165, 1.54) is 24.3 Å². The Morgan fingerprint density at radius 2 is 1.18 bits per heavy atom. The van der Waals surface area contributed by atoms with Crippen molar-refractivity contribution in [2.24, 2.45) is 0 Å². The van der Waals surface area contributed by atoms with Gasteiger partial charge >= 0.3 is 11.4 Å². The van der Waals surface area contributed by atoms with Gasteiger partial charge < -0.3 is 0 Å². The Labute approximate surface area is 130 Å². The average molecular weight is 326 g/mol. The molecule has 0 spiro atoms. The Bertz CT molecular complexity index is 608. The molecule has 0 radical (unpaired) electrons. The maximum atomic E-state index is 13.6. The molecule has 2 rings (SSSR count). The Hall–Kier alpha value is -1.63. The van der Waals surface area contributed by atoms with Crippen molar-refractivity contribution in [2.45, 2.75) is 26.1 Å². The van der Waals surface area contributed by atoms with Gasteiger partial charge in [-0.15, -0.1) is 0 Å². The van der Waals surface area contributed by atoms with Gasteiger partial charge in [-0.2, -0.15) is 4.21 Å². The lowest BCUT2D eigenvalue weighted by atomic mass is 10.1. The van der Waals surface area contributed by atoms with Crippen molar-refractivity contribution in [1.29, 1.82) is 0 Å². The molecular weight excluding hydrogens is 310 g/mol. The summed E-state index contributed by atoms with van der Waals surface area (Å²) in [5.41, 5.74) is 0.552. The fourth-order valence-corrected chi connectivity index (χ4v) is 2.70. The molecule has 0 heterocycles. The highest BCUT2D eigenvalue weighted by Crippen LogP contribution is 2.25. The molecule has 2 aromatic carbocycles. The molecule has 0 aliphatic rings. The molecule has 0 bridgehead atoms. The summed E-state index contributed by atoms with van der Waals surface area (Å²) in [7, 11) is 0. The van der Waals surface area contributed by atoms with Crippen molar-refractivity contribution < 1.29 is 21.4 Å². The van der Waals surface area contributed by atoms with Gasteiger partial charge in [-0.25, -0.2) is 8.78 Å². The van der Waals surface area contributed by atoms with Crippen molar-refractivity contribution in [3.05, 3.63) is 71.3 Å². The molecule has 0 aliphatic carbocycles. The summed E-state index contributed by atoms with van der Waals surface area (Å²) < 4.78 is 49.3. The fourth-order valence-electron chi connectivity index (χ4n) is 1.97. The molecule has 2 aromatic rings. The molecule has 3 nitrogen and oxygen atoms in total. The van der Waals surface area contributed by atoms with Crippen LogP contribution in [0.2, 0.25) is 0 Å². The van der Waals surface area contributed by atoms with E-state index in [2.05, 4.69) is 0 Å². The van der Waals surface area contributed by atoms with E-state index in [1.807, 2.05) is 0 Å². The van der Waals surface area contributed by atoms with Crippen molar-refractivity contribution in [3.8, 4) is 0 Å². The summed E-state index contributed by atoms with van der Waals surface area (Å²) in [4.78, 5) is 0. The Kier molecular flexibility index (Phi) is 5.76. The van der Waals surface area contributed by atoms with Crippen LogP contribution in [0.4, 0.5) is 8.78 Å². The van der Waals surface area contributed by atoms with Crippen molar-refractivity contribution in [1.82, 2.24) is 0 Å². The third kappa shape index (κ3) is 4.19. The van der Waals surface area contributed by atoms with E-state index >= 15 is 0 Å². The van der Waals surface area contributed by atoms with Crippen molar-refractivity contribution in [3.63, 3.8) is 0 Å². The zero-order valence-corrected chi connectivity index (χ0v) is 13.0. The van der Waals surface area contributed by atoms with Gasteiger partial charge in [0.25, 0.3) is 0 Å². The zero-order valence-electron chi connectivity index (χ0n) is 12.2. The summed E-state index contributed by atoms with van der Waals surface area (Å²) in [6.07, 6.45) is -1.51. The van der Waals surface area contributed by atoms with Crippen LogP contribution in [0.15, 0.2) is 48.5 Å². The summed E-state index contributed by atoms with van der Waals surface area (Å²) >= 11 is -2.13. The maximum absolute atomic E-state index is 13.6. The Morgan fingerprint density at radius 3 is 1.55 bits per heavy atom. The summed E-state index contributed by atoms with van der Waals surface area (Å²) in [6.45, 7) is 3.13. The van der Waals surface area contributed by atoms with E-state index < -0.39 is 35.2 Å². The van der Waals surface area contributed by atoms with E-state index in [4.69, 9.17) is 8.37 Å². The molecule has 118 valence electrons. The average Bonchev–Trinajstić information content (AvgIpc) is 2.47. The van der Waals surface area contributed by atoms with Crippen LogP contribution in [-0.2, 0) is 19.7 Å². The van der Waals surface area contributed by atoms with E-state index in [1.54, 1.807) is 38.1 Å². The highest BCUT2D eigenvalue weighted by molar-refractivity contribution is 7.75. The van der Waals surface area contributed by atoms with Crippen LogP contribution in [0.3, 0.4) is 0 Å². The van der Waals surface area contributed by atoms with Crippen LogP contribution in [0.25, 0.3) is 0 Å². The number of halogens is 2. The quantitative estimate of drug-likeness (QED) is 0.789. The third-order valence-electron chi connectivity index (χ3n) is 3.13. The van der Waals surface area contributed by atoms with Gasteiger partial charge in [-0.3, -0.25) is 8.37 Å². The van der Waals surface area contributed by atoms with Gasteiger partial charge in [0.05, 0.1) is 0 Å². The first-order valence-corrected chi connectivity index (χ1v) is 7.74. The second-order valence-corrected chi connectivity index (χ2v) is 5.52. The summed E-state index contributed by atoms with van der Waals surface area (Å²) in [5.74, 6) is -0.900. The predicted octanol–water partition coefficient (Wildman–Crippen LogP) is 4.40. The number of hydrogen-bond donors (Lipinski definition) is 0. The van der Waals surface area contributed by atoms with Crippen LogP contribution in [-0.4, -0.2) is 4.21 Å². The van der Waals surface area contributed by atoms with Crippen molar-refractivity contribution >= 4 is 11.4 Å². The Balaban J connectivity index is 1.98. The zero-order chi connectivity index (χ0) is 16.1. The molecule has 2 unspecified atom stereocenters. The van der Waals surface area contributed by atoms with E-state index in [9.17, 15) is 13.0 Å².